The number of hydrogen-bond donors (Lipinski definition) is 1. The molecule has 53 heavy (non-hydrogen) atoms. The molecule has 0 saturated carbocycles. The lowest BCUT2D eigenvalue weighted by Crippen LogP contribution is -2.09. The SMILES string of the molecule is CC(=N/C(=C\C(N)c1cc(-c2cccc3c4c(oc23)C=CCC4)cc(-c2cc#cc3c2oc2ccccc23)c1)c1cccc(C#N)c1)c1ccccc1. The largest absolute Gasteiger partial charge is 0.456 e. The number of hydrogen-bond acceptors (Lipinski definition) is 5. The van der Waals surface area contributed by atoms with Gasteiger partial charge in [-0.2, -0.15) is 5.26 Å². The van der Waals surface area contributed by atoms with E-state index in [9.17, 15) is 5.26 Å². The molecule has 9 rings (SSSR count). The number of nitrogens with zero attached hydrogens (tertiary/aromatic N) is 2. The van der Waals surface area contributed by atoms with Crippen molar-refractivity contribution in [2.24, 2.45) is 10.7 Å². The van der Waals surface area contributed by atoms with Crippen molar-refractivity contribution in [2.75, 3.05) is 0 Å². The van der Waals surface area contributed by atoms with Gasteiger partial charge in [0.05, 0.1) is 28.8 Å². The fourth-order valence-electron chi connectivity index (χ4n) is 7.34. The average molecular weight is 684 g/mol. The molecule has 5 heteroatoms. The van der Waals surface area contributed by atoms with Crippen LogP contribution in [0.5, 0.6) is 0 Å². The maximum absolute atomic E-state index is 9.74. The second-order valence-electron chi connectivity index (χ2n) is 13.4. The van der Waals surface area contributed by atoms with Gasteiger partial charge in [-0.25, -0.2) is 0 Å². The van der Waals surface area contributed by atoms with Crippen LogP contribution in [0, 0.1) is 23.5 Å². The van der Waals surface area contributed by atoms with E-state index >= 15 is 0 Å². The number of fused-ring (bicyclic) bond motifs is 6. The van der Waals surface area contributed by atoms with Crippen LogP contribution in [-0.2, 0) is 6.42 Å². The molecule has 1 aliphatic carbocycles. The number of furan rings is 2. The first-order chi connectivity index (χ1) is 26.0. The first-order valence-corrected chi connectivity index (χ1v) is 17.7. The van der Waals surface area contributed by atoms with E-state index in [1.54, 1.807) is 6.07 Å². The van der Waals surface area contributed by atoms with Crippen LogP contribution in [-0.4, -0.2) is 5.71 Å². The lowest BCUT2D eigenvalue weighted by Gasteiger charge is -2.15. The Morgan fingerprint density at radius 1 is 0.830 bits per heavy atom. The molecule has 0 saturated heterocycles. The molecule has 1 unspecified atom stereocenters. The minimum Gasteiger partial charge on any atom is -0.456 e. The number of aryl methyl sites for hydroxylation is 1. The standard InChI is InChI=1S/C48H33N3O2/c1-30(32-13-3-2-4-14-32)51-44(33-15-9-12-31(24-33)29-49)28-43(50)36-26-34(37-18-10-20-41-39-16-5-7-22-45(39)52-47(37)41)25-35(27-36)38-19-11-21-42-40-17-6-8-23-46(40)53-48(38)42/h2-5,7-9,11-16,18-19,21-28,43H,6,17,50H2,1H3/b44-28-,51-30?. The highest BCUT2D eigenvalue weighted by Crippen LogP contribution is 2.41. The molecule has 252 valence electrons. The molecule has 0 spiro atoms. The molecule has 1 aliphatic rings. The van der Waals surface area contributed by atoms with Gasteiger partial charge < -0.3 is 14.6 Å². The molecule has 0 fully saturated rings. The summed E-state index contributed by atoms with van der Waals surface area (Å²) >= 11 is 0. The lowest BCUT2D eigenvalue weighted by molar-refractivity contribution is 0.596. The molecule has 2 heterocycles. The van der Waals surface area contributed by atoms with Crippen molar-refractivity contribution in [2.45, 2.75) is 25.8 Å². The molecular weight excluding hydrogens is 651 g/mol. The highest BCUT2D eigenvalue weighted by atomic mass is 16.3. The summed E-state index contributed by atoms with van der Waals surface area (Å²) in [5, 5.41) is 12.7. The van der Waals surface area contributed by atoms with Crippen LogP contribution >= 0.6 is 0 Å². The number of aliphatic imine (C=N–C) groups is 1. The van der Waals surface area contributed by atoms with Crippen molar-refractivity contribution in [3.8, 4) is 28.3 Å². The summed E-state index contributed by atoms with van der Waals surface area (Å²) in [7, 11) is 0. The molecule has 5 nitrogen and oxygen atoms in total. The Balaban J connectivity index is 1.25. The molecule has 1 atom stereocenters. The van der Waals surface area contributed by atoms with Crippen LogP contribution in [0.4, 0.5) is 0 Å². The van der Waals surface area contributed by atoms with E-state index in [1.165, 1.54) is 5.56 Å². The van der Waals surface area contributed by atoms with Gasteiger partial charge in [0.25, 0.3) is 0 Å². The minimum absolute atomic E-state index is 0.551. The normalized spacial score (nSPS) is 13.6. The Morgan fingerprint density at radius 2 is 1.60 bits per heavy atom. The predicted octanol–water partition coefficient (Wildman–Crippen LogP) is 11.6. The van der Waals surface area contributed by atoms with Crippen LogP contribution < -0.4 is 5.73 Å². The first kappa shape index (κ1) is 32.0. The molecule has 0 amide bonds. The van der Waals surface area contributed by atoms with Crippen LogP contribution in [0.15, 0.2) is 147 Å². The third kappa shape index (κ3) is 5.90. The smallest absolute Gasteiger partial charge is 0.152 e. The number of rotatable bonds is 7. The zero-order chi connectivity index (χ0) is 35.9. The fourth-order valence-corrected chi connectivity index (χ4v) is 7.34. The van der Waals surface area contributed by atoms with Gasteiger partial charge in [0.1, 0.15) is 16.9 Å². The van der Waals surface area contributed by atoms with Gasteiger partial charge >= 0.3 is 0 Å². The van der Waals surface area contributed by atoms with Gasteiger partial charge in [0.15, 0.2) is 5.58 Å². The van der Waals surface area contributed by atoms with Gasteiger partial charge in [-0.05, 0) is 96.6 Å². The van der Waals surface area contributed by atoms with Gasteiger partial charge in [0.2, 0.25) is 0 Å². The molecular formula is C48H33N3O2. The zero-order valence-corrected chi connectivity index (χ0v) is 29.1. The quantitative estimate of drug-likeness (QED) is 0.169. The van der Waals surface area contributed by atoms with Gasteiger partial charge in [0, 0.05) is 44.8 Å². The lowest BCUT2D eigenvalue weighted by atomic mass is 9.91. The predicted molar refractivity (Wildman–Crippen MR) is 214 cm³/mol. The highest BCUT2D eigenvalue weighted by Gasteiger charge is 2.20. The summed E-state index contributed by atoms with van der Waals surface area (Å²) in [6.45, 7) is 1.99. The molecule has 0 radical (unpaired) electrons. The summed E-state index contributed by atoms with van der Waals surface area (Å²) in [6, 6.07) is 48.5. The Bertz CT molecular complexity index is 2830. The molecule has 8 aromatic rings. The number of nitrogens with two attached hydrogens (primary N) is 1. The maximum Gasteiger partial charge on any atom is 0.152 e. The van der Waals surface area contributed by atoms with Crippen LogP contribution in [0.3, 0.4) is 0 Å². The number of allylic oxidation sites excluding steroid dienone is 1. The molecule has 2 N–H and O–H groups in total. The molecule has 2 aromatic heterocycles. The van der Waals surface area contributed by atoms with E-state index in [2.05, 4.69) is 66.8 Å². The maximum atomic E-state index is 9.74. The van der Waals surface area contributed by atoms with Crippen molar-refractivity contribution in [3.63, 3.8) is 0 Å². The van der Waals surface area contributed by atoms with Gasteiger partial charge in [-0.1, -0.05) is 91.0 Å². The first-order valence-electron chi connectivity index (χ1n) is 17.7. The summed E-state index contributed by atoms with van der Waals surface area (Å²) in [5.41, 5.74) is 19.4. The molecule has 6 aromatic carbocycles. The number of nitriles is 1. The van der Waals surface area contributed by atoms with Crippen LogP contribution in [0.2, 0.25) is 0 Å². The van der Waals surface area contributed by atoms with E-state index < -0.39 is 6.04 Å². The second kappa shape index (κ2) is 13.3. The molecule has 0 aliphatic heterocycles. The van der Waals surface area contributed by atoms with E-state index in [4.69, 9.17) is 19.6 Å². The van der Waals surface area contributed by atoms with Crippen LogP contribution in [0.1, 0.15) is 53.0 Å². The number of para-hydroxylation sites is 2. The third-order valence-electron chi connectivity index (χ3n) is 10.0. The van der Waals surface area contributed by atoms with Crippen molar-refractivity contribution >= 4 is 50.4 Å². The average Bonchev–Trinajstić information content (AvgIpc) is 3.79. The van der Waals surface area contributed by atoms with E-state index in [0.29, 0.717) is 11.3 Å². The number of benzene rings is 5. The van der Waals surface area contributed by atoms with Crippen molar-refractivity contribution in [1.29, 1.82) is 5.26 Å². The van der Waals surface area contributed by atoms with Crippen LogP contribution in [0.25, 0.3) is 66.9 Å². The van der Waals surface area contributed by atoms with Gasteiger partial charge in [-0.3, -0.25) is 4.99 Å². The Hall–Kier alpha value is -6.92. The monoisotopic (exact) mass is 683 g/mol. The highest BCUT2D eigenvalue weighted by molar-refractivity contribution is 6.09. The fraction of sp³-hybridized carbons (Fsp3) is 0.0833. The third-order valence-corrected chi connectivity index (χ3v) is 10.0. The second-order valence-corrected chi connectivity index (χ2v) is 13.4. The zero-order valence-electron chi connectivity index (χ0n) is 29.1. The van der Waals surface area contributed by atoms with E-state index in [1.807, 2.05) is 91.9 Å². The summed E-state index contributed by atoms with van der Waals surface area (Å²) < 4.78 is 13.0. The van der Waals surface area contributed by atoms with Gasteiger partial charge in [-0.15, -0.1) is 0 Å². The van der Waals surface area contributed by atoms with Crippen molar-refractivity contribution in [1.82, 2.24) is 0 Å². The van der Waals surface area contributed by atoms with Crippen molar-refractivity contribution in [3.05, 3.63) is 179 Å². The topological polar surface area (TPSA) is 88.4 Å². The van der Waals surface area contributed by atoms with Crippen molar-refractivity contribution < 1.29 is 8.83 Å². The molecule has 0 bridgehead atoms. The van der Waals surface area contributed by atoms with E-state index in [0.717, 1.165) is 96.2 Å². The summed E-state index contributed by atoms with van der Waals surface area (Å²) in [5.74, 6) is 0.919. The Labute approximate surface area is 307 Å². The Morgan fingerprint density at radius 3 is 2.47 bits per heavy atom. The summed E-state index contributed by atoms with van der Waals surface area (Å²) in [4.78, 5) is 5.11. The van der Waals surface area contributed by atoms with E-state index in [-0.39, 0.29) is 0 Å². The Kier molecular flexibility index (Phi) is 8.05. The summed E-state index contributed by atoms with van der Waals surface area (Å²) in [6.07, 6.45) is 8.17. The minimum atomic E-state index is -0.570.